The molecular formula is C22H25BrN2O3. The first-order chi connectivity index (χ1) is 13.5. The molecule has 0 fully saturated rings. The van der Waals surface area contributed by atoms with Gasteiger partial charge in [-0.15, -0.1) is 0 Å². The molecule has 3 rings (SSSR count). The highest BCUT2D eigenvalue weighted by molar-refractivity contribution is 9.10. The van der Waals surface area contributed by atoms with E-state index in [9.17, 15) is 4.79 Å². The van der Waals surface area contributed by atoms with Crippen molar-refractivity contribution in [3.63, 3.8) is 0 Å². The lowest BCUT2D eigenvalue weighted by atomic mass is 10.1. The Hall–Kier alpha value is -2.34. The van der Waals surface area contributed by atoms with E-state index in [0.29, 0.717) is 25.0 Å². The summed E-state index contributed by atoms with van der Waals surface area (Å²) >= 11 is 3.55. The van der Waals surface area contributed by atoms with Crippen LogP contribution in [-0.2, 0) is 22.6 Å². The first kappa shape index (κ1) is 20.4. The summed E-state index contributed by atoms with van der Waals surface area (Å²) in [6, 6.07) is 14.0. The molecule has 28 heavy (non-hydrogen) atoms. The quantitative estimate of drug-likeness (QED) is 0.433. The molecule has 0 radical (unpaired) electrons. The number of para-hydroxylation sites is 1. The van der Waals surface area contributed by atoms with Crippen molar-refractivity contribution >= 4 is 32.8 Å². The van der Waals surface area contributed by atoms with Crippen molar-refractivity contribution in [1.82, 2.24) is 9.78 Å². The normalized spacial score (nSPS) is 12.1. The lowest BCUT2D eigenvalue weighted by Crippen LogP contribution is -2.09. The molecule has 1 atom stereocenters. The number of ether oxygens (including phenoxy) is 2. The molecule has 2 aromatic carbocycles. The van der Waals surface area contributed by atoms with E-state index >= 15 is 0 Å². The predicted octanol–water partition coefficient (Wildman–Crippen LogP) is 5.45. The molecule has 0 aliphatic carbocycles. The first-order valence-corrected chi connectivity index (χ1v) is 10.4. The zero-order chi connectivity index (χ0) is 20.1. The fourth-order valence-electron chi connectivity index (χ4n) is 3.10. The largest absolute Gasteiger partial charge is 0.487 e. The Bertz CT molecular complexity index is 968. The van der Waals surface area contributed by atoms with E-state index < -0.39 is 0 Å². The number of hydrogen-bond acceptors (Lipinski definition) is 4. The second-order valence-electron chi connectivity index (χ2n) is 6.69. The van der Waals surface area contributed by atoms with Crippen LogP contribution in [0.5, 0.6) is 5.75 Å². The summed E-state index contributed by atoms with van der Waals surface area (Å²) < 4.78 is 14.2. The fraction of sp³-hybridized carbons (Fsp3) is 0.364. The van der Waals surface area contributed by atoms with Crippen molar-refractivity contribution in [3.05, 3.63) is 58.2 Å². The van der Waals surface area contributed by atoms with Crippen LogP contribution in [0.15, 0.2) is 46.9 Å². The van der Waals surface area contributed by atoms with Crippen molar-refractivity contribution in [2.45, 2.75) is 46.3 Å². The maximum atomic E-state index is 11.9. The Morgan fingerprint density at radius 3 is 2.75 bits per heavy atom. The average molecular weight is 445 g/mol. The number of nitrogens with zero attached hydrogens (tertiary/aromatic N) is 2. The summed E-state index contributed by atoms with van der Waals surface area (Å²) in [4.78, 5) is 11.9. The maximum Gasteiger partial charge on any atom is 0.310 e. The molecule has 148 valence electrons. The summed E-state index contributed by atoms with van der Waals surface area (Å²) in [7, 11) is 0. The molecule has 0 spiro atoms. The van der Waals surface area contributed by atoms with Gasteiger partial charge in [-0.1, -0.05) is 41.1 Å². The van der Waals surface area contributed by atoms with E-state index in [4.69, 9.17) is 14.6 Å². The van der Waals surface area contributed by atoms with E-state index in [1.54, 1.807) is 6.92 Å². The summed E-state index contributed by atoms with van der Waals surface area (Å²) in [5, 5.41) is 5.88. The van der Waals surface area contributed by atoms with Gasteiger partial charge in [0, 0.05) is 21.5 Å². The number of hydrogen-bond donors (Lipinski definition) is 0. The smallest absolute Gasteiger partial charge is 0.310 e. The minimum Gasteiger partial charge on any atom is -0.487 e. The van der Waals surface area contributed by atoms with Crippen LogP contribution in [0, 0.1) is 0 Å². The van der Waals surface area contributed by atoms with Gasteiger partial charge < -0.3 is 9.47 Å². The molecule has 0 aliphatic rings. The Kier molecular flexibility index (Phi) is 6.73. The van der Waals surface area contributed by atoms with E-state index in [2.05, 4.69) is 46.6 Å². The third-order valence-electron chi connectivity index (χ3n) is 4.73. The van der Waals surface area contributed by atoms with Crippen molar-refractivity contribution in [2.24, 2.45) is 0 Å². The average Bonchev–Trinajstić information content (AvgIpc) is 3.04. The monoisotopic (exact) mass is 444 g/mol. The van der Waals surface area contributed by atoms with Gasteiger partial charge in [0.1, 0.15) is 18.1 Å². The maximum absolute atomic E-state index is 11.9. The van der Waals surface area contributed by atoms with Crippen LogP contribution in [0.25, 0.3) is 10.9 Å². The molecule has 0 N–H and O–H groups in total. The fourth-order valence-corrected chi connectivity index (χ4v) is 3.46. The van der Waals surface area contributed by atoms with Gasteiger partial charge in [0.2, 0.25) is 0 Å². The van der Waals surface area contributed by atoms with E-state index in [1.165, 1.54) is 0 Å². The van der Waals surface area contributed by atoms with Crippen LogP contribution in [0.3, 0.4) is 0 Å². The van der Waals surface area contributed by atoms with Gasteiger partial charge >= 0.3 is 5.97 Å². The van der Waals surface area contributed by atoms with Crippen LogP contribution in [0.1, 0.15) is 44.5 Å². The summed E-state index contributed by atoms with van der Waals surface area (Å²) in [5.41, 5.74) is 2.78. The van der Waals surface area contributed by atoms with Gasteiger partial charge in [-0.2, -0.15) is 5.10 Å². The highest BCUT2D eigenvalue weighted by Crippen LogP contribution is 2.28. The zero-order valence-corrected chi connectivity index (χ0v) is 18.0. The molecule has 1 heterocycles. The topological polar surface area (TPSA) is 53.4 Å². The lowest BCUT2D eigenvalue weighted by Gasteiger charge is -2.11. The summed E-state index contributed by atoms with van der Waals surface area (Å²) in [6.07, 6.45) is 1.19. The summed E-state index contributed by atoms with van der Waals surface area (Å²) in [5.74, 6) is 0.422. The van der Waals surface area contributed by atoms with Gasteiger partial charge in [0.15, 0.2) is 0 Å². The lowest BCUT2D eigenvalue weighted by molar-refractivity contribution is -0.142. The molecule has 0 bridgehead atoms. The van der Waals surface area contributed by atoms with Crippen molar-refractivity contribution < 1.29 is 14.3 Å². The number of carbonyl (C=O) groups excluding carboxylic acids is 1. The molecular weight excluding hydrogens is 420 g/mol. The molecule has 6 heteroatoms. The second kappa shape index (κ2) is 9.24. The number of benzene rings is 2. The summed E-state index contributed by atoms with van der Waals surface area (Å²) in [6.45, 7) is 6.82. The number of carbonyl (C=O) groups is 1. The molecule has 5 nitrogen and oxygen atoms in total. The van der Waals surface area contributed by atoms with Crippen LogP contribution in [0.4, 0.5) is 0 Å². The van der Waals surface area contributed by atoms with Crippen LogP contribution in [0.2, 0.25) is 0 Å². The van der Waals surface area contributed by atoms with Gasteiger partial charge in [-0.25, -0.2) is 0 Å². The second-order valence-corrected chi connectivity index (χ2v) is 7.60. The van der Waals surface area contributed by atoms with Gasteiger partial charge in [-0.05, 0) is 44.5 Å². The first-order valence-electron chi connectivity index (χ1n) is 9.56. The number of aromatic nitrogens is 2. The van der Waals surface area contributed by atoms with Crippen molar-refractivity contribution in [2.75, 3.05) is 6.61 Å². The van der Waals surface area contributed by atoms with Gasteiger partial charge in [-0.3, -0.25) is 9.48 Å². The third-order valence-corrected chi connectivity index (χ3v) is 5.22. The minimum atomic E-state index is -0.256. The molecule has 0 unspecified atom stereocenters. The Balaban J connectivity index is 1.86. The molecule has 0 saturated carbocycles. The Morgan fingerprint density at radius 1 is 1.21 bits per heavy atom. The standard InChI is InChI=1S/C22H25BrN2O3/c1-4-15(3)25-20-11-10-17(23)13-18(20)19(24-25)14-28-21-9-7-6-8-16(21)12-22(26)27-5-2/h6-11,13,15H,4-5,12,14H2,1-3H3/t15-/m0/s1. The SMILES string of the molecule is CCOC(=O)Cc1ccccc1OCc1nn([C@@H](C)CC)c2ccc(Br)cc12. The number of fused-ring (bicyclic) bond motifs is 1. The van der Waals surface area contributed by atoms with Crippen molar-refractivity contribution in [3.8, 4) is 5.75 Å². The Morgan fingerprint density at radius 2 is 2.00 bits per heavy atom. The molecule has 0 amide bonds. The van der Waals surface area contributed by atoms with Crippen LogP contribution < -0.4 is 4.74 Å². The molecule has 0 saturated heterocycles. The third kappa shape index (κ3) is 4.55. The van der Waals surface area contributed by atoms with Gasteiger partial charge in [0.25, 0.3) is 0 Å². The highest BCUT2D eigenvalue weighted by atomic mass is 79.9. The van der Waals surface area contributed by atoms with Gasteiger partial charge in [0.05, 0.1) is 18.5 Å². The van der Waals surface area contributed by atoms with E-state index in [-0.39, 0.29) is 12.4 Å². The predicted molar refractivity (Wildman–Crippen MR) is 114 cm³/mol. The molecule has 0 aliphatic heterocycles. The van der Waals surface area contributed by atoms with Crippen molar-refractivity contribution in [1.29, 1.82) is 0 Å². The molecule has 1 aromatic heterocycles. The minimum absolute atomic E-state index is 0.192. The zero-order valence-electron chi connectivity index (χ0n) is 16.4. The highest BCUT2D eigenvalue weighted by Gasteiger charge is 2.16. The van der Waals surface area contributed by atoms with Crippen LogP contribution >= 0.6 is 15.9 Å². The molecule has 3 aromatic rings. The van der Waals surface area contributed by atoms with E-state index in [1.807, 2.05) is 30.3 Å². The van der Waals surface area contributed by atoms with Crippen LogP contribution in [-0.4, -0.2) is 22.4 Å². The number of esters is 1. The van der Waals surface area contributed by atoms with E-state index in [0.717, 1.165) is 33.1 Å². The number of rotatable bonds is 8. The Labute approximate surface area is 173 Å². The number of halogens is 1.